The molecule has 0 aliphatic carbocycles. The molecule has 2 N–H and O–H groups in total. The van der Waals surface area contributed by atoms with Gasteiger partial charge in [-0.1, -0.05) is 0 Å². The Morgan fingerprint density at radius 2 is 2.11 bits per heavy atom. The van der Waals surface area contributed by atoms with E-state index < -0.39 is 5.69 Å². The second-order valence-electron chi connectivity index (χ2n) is 3.46. The van der Waals surface area contributed by atoms with Gasteiger partial charge in [0.25, 0.3) is 0 Å². The zero-order valence-electron chi connectivity index (χ0n) is 8.82. The molecular weight excluding hydrogens is 240 g/mol. The first-order valence-corrected chi connectivity index (χ1v) is 4.87. The molecule has 3 heterocycles. The highest BCUT2D eigenvalue weighted by molar-refractivity contribution is 5.92. The van der Waals surface area contributed by atoms with Gasteiger partial charge >= 0.3 is 5.69 Å². The molecule has 18 heavy (non-hydrogen) atoms. The van der Waals surface area contributed by atoms with E-state index in [9.17, 15) is 14.4 Å². The van der Waals surface area contributed by atoms with Crippen molar-refractivity contribution in [3.8, 4) is 11.4 Å². The number of nitrogens with one attached hydrogen (secondary N) is 2. The molecule has 9 nitrogen and oxygen atoms in total. The SMILES string of the molecule is O=Cn1cnc2c1N=CNc1c-2[nH]c(=O)n1C=O. The van der Waals surface area contributed by atoms with Gasteiger partial charge in [0.05, 0.1) is 6.34 Å². The van der Waals surface area contributed by atoms with Crippen LogP contribution in [0.4, 0.5) is 11.6 Å². The standard InChI is InChI=1S/C9H6N6O3/c16-3-14-2-12-5-6-8(11-1-10-7(5)14)15(4-17)9(18)13-6/h1-4H,(H,10,11)(H,13,18). The van der Waals surface area contributed by atoms with Gasteiger partial charge in [0.15, 0.2) is 5.82 Å². The highest BCUT2D eigenvalue weighted by Crippen LogP contribution is 2.32. The molecule has 0 aromatic carbocycles. The summed E-state index contributed by atoms with van der Waals surface area (Å²) in [5.41, 5.74) is 0.0284. The van der Waals surface area contributed by atoms with Crippen LogP contribution < -0.4 is 11.0 Å². The lowest BCUT2D eigenvalue weighted by atomic mass is 10.3. The maximum Gasteiger partial charge on any atom is 0.334 e. The smallest absolute Gasteiger partial charge is 0.330 e. The molecule has 1 aliphatic heterocycles. The van der Waals surface area contributed by atoms with E-state index in [0.717, 1.165) is 4.57 Å². The van der Waals surface area contributed by atoms with Crippen molar-refractivity contribution < 1.29 is 9.59 Å². The molecule has 0 atom stereocenters. The zero-order valence-corrected chi connectivity index (χ0v) is 8.82. The third-order valence-corrected chi connectivity index (χ3v) is 2.54. The number of aliphatic imine (C=N–C) groups is 1. The molecule has 2 aromatic heterocycles. The Kier molecular flexibility index (Phi) is 1.99. The van der Waals surface area contributed by atoms with Crippen molar-refractivity contribution >= 4 is 30.8 Å². The molecule has 90 valence electrons. The second-order valence-corrected chi connectivity index (χ2v) is 3.46. The van der Waals surface area contributed by atoms with Gasteiger partial charge in [-0.05, 0) is 0 Å². The summed E-state index contributed by atoms with van der Waals surface area (Å²) in [5.74, 6) is 0.504. The maximum absolute atomic E-state index is 11.5. The minimum atomic E-state index is -0.593. The molecule has 9 heteroatoms. The summed E-state index contributed by atoms with van der Waals surface area (Å²) < 4.78 is 2.02. The quantitative estimate of drug-likeness (QED) is 0.673. The number of anilines is 1. The minimum Gasteiger partial charge on any atom is -0.330 e. The van der Waals surface area contributed by atoms with Gasteiger partial charge in [-0.15, -0.1) is 0 Å². The number of fused-ring (bicyclic) bond motifs is 3. The highest BCUT2D eigenvalue weighted by atomic mass is 16.2. The van der Waals surface area contributed by atoms with E-state index in [1.165, 1.54) is 17.2 Å². The van der Waals surface area contributed by atoms with E-state index in [1.54, 1.807) is 0 Å². The Hall–Kier alpha value is -2.97. The third kappa shape index (κ3) is 1.18. The number of carbonyl (C=O) groups excluding carboxylic acids is 2. The largest absolute Gasteiger partial charge is 0.334 e. The summed E-state index contributed by atoms with van der Waals surface area (Å²) in [6.45, 7) is 0. The first-order valence-electron chi connectivity index (χ1n) is 4.87. The number of rotatable bonds is 2. The van der Waals surface area contributed by atoms with Crippen LogP contribution in [0.5, 0.6) is 0 Å². The van der Waals surface area contributed by atoms with Gasteiger partial charge in [0.1, 0.15) is 23.5 Å². The molecule has 0 spiro atoms. The number of aromatic nitrogens is 4. The number of nitrogens with zero attached hydrogens (tertiary/aromatic N) is 4. The first-order chi connectivity index (χ1) is 8.76. The Morgan fingerprint density at radius 3 is 2.83 bits per heavy atom. The highest BCUT2D eigenvalue weighted by Gasteiger charge is 2.23. The van der Waals surface area contributed by atoms with Crippen molar-refractivity contribution in [2.24, 2.45) is 4.99 Å². The van der Waals surface area contributed by atoms with Crippen LogP contribution in [-0.4, -0.2) is 38.3 Å². The fourth-order valence-electron chi connectivity index (χ4n) is 1.75. The van der Waals surface area contributed by atoms with Gasteiger partial charge in [0, 0.05) is 0 Å². The van der Waals surface area contributed by atoms with Gasteiger partial charge < -0.3 is 10.3 Å². The van der Waals surface area contributed by atoms with Crippen molar-refractivity contribution in [1.29, 1.82) is 0 Å². The number of aromatic amines is 1. The molecule has 3 rings (SSSR count). The molecule has 0 radical (unpaired) electrons. The molecular formula is C9H6N6O3. The van der Waals surface area contributed by atoms with E-state index in [-0.39, 0.29) is 11.6 Å². The number of hydrogen-bond donors (Lipinski definition) is 2. The molecule has 0 bridgehead atoms. The van der Waals surface area contributed by atoms with Crippen LogP contribution in [0.25, 0.3) is 11.4 Å². The third-order valence-electron chi connectivity index (χ3n) is 2.54. The average Bonchev–Trinajstić information content (AvgIpc) is 2.86. The molecule has 0 fully saturated rings. The van der Waals surface area contributed by atoms with E-state index >= 15 is 0 Å². The normalized spacial score (nSPS) is 12.2. The number of hydrogen-bond acceptors (Lipinski definition) is 6. The van der Waals surface area contributed by atoms with E-state index in [0.29, 0.717) is 24.2 Å². The van der Waals surface area contributed by atoms with Gasteiger partial charge in [-0.25, -0.2) is 19.3 Å². The summed E-state index contributed by atoms with van der Waals surface area (Å²) in [6.07, 6.45) is 3.48. The fourth-order valence-corrected chi connectivity index (χ4v) is 1.75. The molecule has 0 saturated carbocycles. The Balaban J connectivity index is 2.36. The van der Waals surface area contributed by atoms with Crippen molar-refractivity contribution in [3.05, 3.63) is 16.8 Å². The summed E-state index contributed by atoms with van der Waals surface area (Å²) in [4.78, 5) is 43.6. The second kappa shape index (κ2) is 3.52. The van der Waals surface area contributed by atoms with E-state index in [1.807, 2.05) is 0 Å². The van der Waals surface area contributed by atoms with Crippen LogP contribution >= 0.6 is 0 Å². The predicted molar refractivity (Wildman–Crippen MR) is 62.3 cm³/mol. The Bertz CT molecular complexity index is 734. The summed E-state index contributed by atoms with van der Waals surface area (Å²) in [7, 11) is 0. The summed E-state index contributed by atoms with van der Waals surface area (Å²) in [5, 5.41) is 2.69. The lowest BCUT2D eigenvalue weighted by Crippen LogP contribution is -2.17. The Morgan fingerprint density at radius 1 is 1.28 bits per heavy atom. The van der Waals surface area contributed by atoms with E-state index in [2.05, 4.69) is 20.3 Å². The number of carbonyl (C=O) groups is 2. The van der Waals surface area contributed by atoms with Crippen molar-refractivity contribution in [2.45, 2.75) is 0 Å². The maximum atomic E-state index is 11.5. The van der Waals surface area contributed by atoms with Crippen molar-refractivity contribution in [1.82, 2.24) is 19.1 Å². The summed E-state index contributed by atoms with van der Waals surface area (Å²) in [6, 6.07) is 0. The first kappa shape index (κ1) is 10.2. The van der Waals surface area contributed by atoms with Gasteiger partial charge in [-0.3, -0.25) is 14.2 Å². The zero-order chi connectivity index (χ0) is 12.7. The predicted octanol–water partition coefficient (Wildman–Crippen LogP) is -0.798. The van der Waals surface area contributed by atoms with Crippen LogP contribution in [0.1, 0.15) is 0 Å². The van der Waals surface area contributed by atoms with Crippen LogP contribution in [0.3, 0.4) is 0 Å². The number of imidazole rings is 2. The lowest BCUT2D eigenvalue weighted by molar-refractivity contribution is 0.546. The van der Waals surface area contributed by atoms with Gasteiger partial charge in [-0.2, -0.15) is 0 Å². The van der Waals surface area contributed by atoms with Crippen LogP contribution in [0.2, 0.25) is 0 Å². The van der Waals surface area contributed by atoms with Crippen LogP contribution in [0.15, 0.2) is 16.1 Å². The molecule has 0 amide bonds. The molecule has 0 saturated heterocycles. The lowest BCUT2D eigenvalue weighted by Gasteiger charge is -1.98. The fraction of sp³-hybridized carbons (Fsp3) is 0. The van der Waals surface area contributed by atoms with Gasteiger partial charge in [0.2, 0.25) is 12.8 Å². The van der Waals surface area contributed by atoms with E-state index in [4.69, 9.17) is 0 Å². The molecule has 1 aliphatic rings. The molecule has 2 aromatic rings. The minimum absolute atomic E-state index is 0.230. The Labute approximate surface area is 98.8 Å². The number of H-pyrrole nitrogens is 1. The van der Waals surface area contributed by atoms with Crippen molar-refractivity contribution in [3.63, 3.8) is 0 Å². The van der Waals surface area contributed by atoms with Crippen LogP contribution in [0, 0.1) is 0 Å². The average molecular weight is 246 g/mol. The molecule has 0 unspecified atom stereocenters. The monoisotopic (exact) mass is 246 g/mol. The topological polar surface area (TPSA) is 114 Å². The van der Waals surface area contributed by atoms with Crippen LogP contribution in [-0.2, 0) is 9.59 Å². The van der Waals surface area contributed by atoms with Crippen molar-refractivity contribution in [2.75, 3.05) is 5.32 Å². The summed E-state index contributed by atoms with van der Waals surface area (Å²) >= 11 is 0.